The molecule has 1 saturated heterocycles. The highest BCUT2D eigenvalue weighted by Crippen LogP contribution is 2.21. The van der Waals surface area contributed by atoms with Gasteiger partial charge in [-0.2, -0.15) is 0 Å². The molecule has 1 atom stereocenters. The van der Waals surface area contributed by atoms with Gasteiger partial charge in [0.15, 0.2) is 0 Å². The number of hydrogen-bond acceptors (Lipinski definition) is 4. The molecule has 1 unspecified atom stereocenters. The van der Waals surface area contributed by atoms with Crippen LogP contribution in [0.3, 0.4) is 0 Å². The summed E-state index contributed by atoms with van der Waals surface area (Å²) in [5.41, 5.74) is 1.31. The highest BCUT2D eigenvalue weighted by molar-refractivity contribution is 5.17. The normalized spacial score (nSPS) is 22.8. The summed E-state index contributed by atoms with van der Waals surface area (Å²) >= 11 is 0. The lowest BCUT2D eigenvalue weighted by atomic mass is 10.2. The van der Waals surface area contributed by atoms with Crippen LogP contribution in [0.15, 0.2) is 16.7 Å². The van der Waals surface area contributed by atoms with E-state index in [1.54, 1.807) is 0 Å². The molecule has 0 spiro atoms. The zero-order chi connectivity index (χ0) is 13.8. The molecule has 2 aliphatic rings. The predicted molar refractivity (Wildman–Crippen MR) is 78.5 cm³/mol. The molecule has 0 aromatic carbocycles. The molecule has 1 aromatic rings. The zero-order valence-corrected chi connectivity index (χ0v) is 12.4. The topological polar surface area (TPSA) is 37.6 Å². The number of ether oxygens (including phenoxy) is 1. The Hall–Kier alpha value is -0.840. The minimum Gasteiger partial charge on any atom is -0.468 e. The average Bonchev–Trinajstić information content (AvgIpc) is 2.97. The second kappa shape index (κ2) is 6.74. The van der Waals surface area contributed by atoms with Crippen LogP contribution < -0.4 is 5.32 Å². The maximum absolute atomic E-state index is 5.74. The molecule has 1 aromatic heterocycles. The Morgan fingerprint density at radius 3 is 2.95 bits per heavy atom. The van der Waals surface area contributed by atoms with E-state index in [0.29, 0.717) is 6.10 Å². The summed E-state index contributed by atoms with van der Waals surface area (Å²) in [6.45, 7) is 7.03. The van der Waals surface area contributed by atoms with E-state index in [1.807, 2.05) is 6.26 Å². The van der Waals surface area contributed by atoms with Gasteiger partial charge in [0.1, 0.15) is 5.76 Å². The Balaban J connectivity index is 1.52. The van der Waals surface area contributed by atoms with Crippen LogP contribution in [0.5, 0.6) is 0 Å². The van der Waals surface area contributed by atoms with Crippen LogP contribution in [0.1, 0.15) is 43.9 Å². The first-order chi connectivity index (χ1) is 9.85. The molecule has 20 heavy (non-hydrogen) atoms. The molecule has 0 amide bonds. The summed E-state index contributed by atoms with van der Waals surface area (Å²) in [6.07, 6.45) is 7.29. The van der Waals surface area contributed by atoms with Crippen LogP contribution in [-0.4, -0.2) is 36.7 Å². The molecule has 2 heterocycles. The Morgan fingerprint density at radius 2 is 2.25 bits per heavy atom. The number of furan rings is 1. The van der Waals surface area contributed by atoms with Gasteiger partial charge in [0.05, 0.1) is 18.9 Å². The minimum absolute atomic E-state index is 0.415. The number of rotatable bonds is 8. The summed E-state index contributed by atoms with van der Waals surface area (Å²) in [4.78, 5) is 2.43. The van der Waals surface area contributed by atoms with Gasteiger partial charge in [0, 0.05) is 31.3 Å². The van der Waals surface area contributed by atoms with Gasteiger partial charge in [-0.05, 0) is 38.3 Å². The van der Waals surface area contributed by atoms with Crippen molar-refractivity contribution in [3.05, 3.63) is 23.7 Å². The third-order valence-electron chi connectivity index (χ3n) is 4.30. The fourth-order valence-electron chi connectivity index (χ4n) is 2.79. The summed E-state index contributed by atoms with van der Waals surface area (Å²) < 4.78 is 11.4. The Kier molecular flexibility index (Phi) is 4.76. The van der Waals surface area contributed by atoms with Crippen molar-refractivity contribution in [2.45, 2.75) is 57.8 Å². The maximum Gasteiger partial charge on any atom is 0.122 e. The Morgan fingerprint density at radius 1 is 1.35 bits per heavy atom. The van der Waals surface area contributed by atoms with Crippen molar-refractivity contribution in [3.63, 3.8) is 0 Å². The summed E-state index contributed by atoms with van der Waals surface area (Å²) in [7, 11) is 0. The molecule has 4 heteroatoms. The van der Waals surface area contributed by atoms with Crippen molar-refractivity contribution in [3.8, 4) is 0 Å². The molecule has 112 valence electrons. The summed E-state index contributed by atoms with van der Waals surface area (Å²) in [5, 5.41) is 3.56. The first-order valence-corrected chi connectivity index (χ1v) is 7.97. The molecule has 0 radical (unpaired) electrons. The van der Waals surface area contributed by atoms with Crippen molar-refractivity contribution < 1.29 is 9.15 Å². The number of nitrogens with one attached hydrogen (secondary N) is 1. The van der Waals surface area contributed by atoms with Gasteiger partial charge in [0.25, 0.3) is 0 Å². The molecule has 1 aliphatic heterocycles. The van der Waals surface area contributed by atoms with E-state index in [4.69, 9.17) is 9.15 Å². The lowest BCUT2D eigenvalue weighted by Crippen LogP contribution is -2.32. The van der Waals surface area contributed by atoms with Gasteiger partial charge in [0.2, 0.25) is 0 Å². The van der Waals surface area contributed by atoms with Crippen LogP contribution in [0.4, 0.5) is 0 Å². The highest BCUT2D eigenvalue weighted by atomic mass is 16.5. The largest absolute Gasteiger partial charge is 0.468 e. The predicted octanol–water partition coefficient (Wildman–Crippen LogP) is 2.53. The number of nitrogens with zero attached hydrogens (tertiary/aromatic N) is 1. The summed E-state index contributed by atoms with van der Waals surface area (Å²) in [6, 6.07) is 2.84. The molecule has 1 N–H and O–H groups in total. The van der Waals surface area contributed by atoms with Crippen LogP contribution >= 0.6 is 0 Å². The highest BCUT2D eigenvalue weighted by Gasteiger charge is 2.22. The van der Waals surface area contributed by atoms with Crippen LogP contribution in [-0.2, 0) is 17.8 Å². The molecule has 3 rings (SSSR count). The van der Waals surface area contributed by atoms with E-state index >= 15 is 0 Å². The third kappa shape index (κ3) is 3.84. The van der Waals surface area contributed by atoms with E-state index in [-0.39, 0.29) is 0 Å². The third-order valence-corrected chi connectivity index (χ3v) is 4.30. The minimum atomic E-state index is 0.415. The van der Waals surface area contributed by atoms with E-state index in [9.17, 15) is 0 Å². The zero-order valence-electron chi connectivity index (χ0n) is 12.4. The fraction of sp³-hybridized carbons (Fsp3) is 0.750. The van der Waals surface area contributed by atoms with E-state index in [1.165, 1.54) is 31.2 Å². The fourth-order valence-corrected chi connectivity index (χ4v) is 2.79. The van der Waals surface area contributed by atoms with Crippen molar-refractivity contribution in [1.82, 2.24) is 10.2 Å². The van der Waals surface area contributed by atoms with Gasteiger partial charge < -0.3 is 14.5 Å². The van der Waals surface area contributed by atoms with E-state index < -0.39 is 0 Å². The lowest BCUT2D eigenvalue weighted by Gasteiger charge is -2.23. The SMILES string of the molecule is CCN(Cc1occc1CNC1CC1)CC1CCCO1. The molecule has 1 aliphatic carbocycles. The standard InChI is InChI=1S/C16H26N2O2/c1-2-18(11-15-4-3-8-19-15)12-16-13(7-9-20-16)10-17-14-5-6-14/h7,9,14-15,17H,2-6,8,10-12H2,1H3. The number of hydrogen-bond donors (Lipinski definition) is 1. The average molecular weight is 278 g/mol. The maximum atomic E-state index is 5.74. The Bertz CT molecular complexity index is 408. The number of likely N-dealkylation sites (N-methyl/N-ethyl adjacent to an activating group) is 1. The van der Waals surface area contributed by atoms with Crippen LogP contribution in [0.25, 0.3) is 0 Å². The van der Waals surface area contributed by atoms with E-state index in [2.05, 4.69) is 23.2 Å². The first kappa shape index (κ1) is 14.1. The molecule has 4 nitrogen and oxygen atoms in total. The molecule has 0 bridgehead atoms. The molecular formula is C16H26N2O2. The van der Waals surface area contributed by atoms with Crippen LogP contribution in [0, 0.1) is 0 Å². The van der Waals surface area contributed by atoms with Gasteiger partial charge in [-0.3, -0.25) is 4.90 Å². The monoisotopic (exact) mass is 278 g/mol. The lowest BCUT2D eigenvalue weighted by molar-refractivity contribution is 0.0701. The second-order valence-electron chi connectivity index (χ2n) is 5.99. The first-order valence-electron chi connectivity index (χ1n) is 7.97. The second-order valence-corrected chi connectivity index (χ2v) is 5.99. The van der Waals surface area contributed by atoms with Crippen molar-refractivity contribution in [2.24, 2.45) is 0 Å². The van der Waals surface area contributed by atoms with Crippen molar-refractivity contribution >= 4 is 0 Å². The van der Waals surface area contributed by atoms with Crippen molar-refractivity contribution in [1.29, 1.82) is 0 Å². The quantitative estimate of drug-likeness (QED) is 0.793. The molecular weight excluding hydrogens is 252 g/mol. The van der Waals surface area contributed by atoms with Gasteiger partial charge in [-0.1, -0.05) is 6.92 Å². The molecule has 1 saturated carbocycles. The summed E-state index contributed by atoms with van der Waals surface area (Å²) in [5.74, 6) is 1.11. The van der Waals surface area contributed by atoms with Gasteiger partial charge in [-0.25, -0.2) is 0 Å². The van der Waals surface area contributed by atoms with Gasteiger partial charge >= 0.3 is 0 Å². The smallest absolute Gasteiger partial charge is 0.122 e. The van der Waals surface area contributed by atoms with E-state index in [0.717, 1.165) is 44.6 Å². The van der Waals surface area contributed by atoms with Crippen LogP contribution in [0.2, 0.25) is 0 Å². The Labute approximate surface area is 121 Å². The van der Waals surface area contributed by atoms with Gasteiger partial charge in [-0.15, -0.1) is 0 Å². The van der Waals surface area contributed by atoms with Crippen molar-refractivity contribution in [2.75, 3.05) is 19.7 Å². The molecule has 2 fully saturated rings.